The number of halogens is 1. The minimum atomic E-state index is -1.31. The molecule has 6 nitrogen and oxygen atoms in total. The number of rotatable bonds is 26. The summed E-state index contributed by atoms with van der Waals surface area (Å²) in [5.41, 5.74) is 7.57. The van der Waals surface area contributed by atoms with Gasteiger partial charge in [0.15, 0.2) is 5.60 Å². The number of carbonyl (C=O) groups is 3. The van der Waals surface area contributed by atoms with Gasteiger partial charge in [-0.05, 0) is 59.6 Å². The van der Waals surface area contributed by atoms with E-state index in [1.54, 1.807) is 6.07 Å². The molecule has 3 rings (SSSR count). The number of aryl methyl sites for hydroxylation is 1. The predicted octanol–water partition coefficient (Wildman–Crippen LogP) is 12.0. The molecule has 0 amide bonds. The highest BCUT2D eigenvalue weighted by Crippen LogP contribution is 2.44. The normalized spacial score (nSPS) is 13.2. The van der Waals surface area contributed by atoms with Crippen molar-refractivity contribution in [2.24, 2.45) is 11.7 Å². The van der Waals surface area contributed by atoms with Crippen molar-refractivity contribution in [2.45, 2.75) is 154 Å². The fourth-order valence-corrected chi connectivity index (χ4v) is 7.35. The number of ketones is 1. The number of nitrogens with two attached hydrogens (primary N) is 1. The molecule has 0 aromatic heterocycles. The van der Waals surface area contributed by atoms with E-state index in [1.807, 2.05) is 100 Å². The third-order valence-electron chi connectivity index (χ3n) is 9.97. The summed E-state index contributed by atoms with van der Waals surface area (Å²) < 4.78 is 12.0. The van der Waals surface area contributed by atoms with Crippen LogP contribution in [0.15, 0.2) is 78.9 Å². The SMILES string of the molecule is Cc1ccc(C(OC(=O)[C@H](CCN)CC(=O)CCCCCCCCCCCCCCCCC(=O)OC(C)(C)C)(c2ccccc2)c2ccccc2Cl)cc1. The predicted molar refractivity (Wildman–Crippen MR) is 222 cm³/mol. The standard InChI is InChI=1S/C47H66ClNO5/c1-37-30-32-40(33-31-37)47(39-24-18-17-19-25-39,42-27-22-23-28-43(42)48)54-45(52)38(34-35-49)36-41(50)26-20-15-13-11-9-7-5-6-8-10-12-14-16-21-29-44(51)53-46(2,3)4/h17-19,22-25,27-28,30-33,38H,5-16,20-21,26,29,34-36,49H2,1-4H3/t38-,47?/m1/s1. The second-order valence-electron chi connectivity index (χ2n) is 15.9. The van der Waals surface area contributed by atoms with E-state index < -0.39 is 23.1 Å². The average molecular weight is 761 g/mol. The van der Waals surface area contributed by atoms with E-state index in [0.717, 1.165) is 48.8 Å². The topological polar surface area (TPSA) is 95.7 Å². The Hall–Kier alpha value is -3.48. The summed E-state index contributed by atoms with van der Waals surface area (Å²) in [7, 11) is 0. The number of esters is 2. The number of hydrogen-bond donors (Lipinski definition) is 1. The molecule has 0 saturated carbocycles. The van der Waals surface area contributed by atoms with Crippen LogP contribution in [0.4, 0.5) is 0 Å². The fraction of sp³-hybridized carbons (Fsp3) is 0.553. The largest absolute Gasteiger partial charge is 0.460 e. The zero-order valence-corrected chi connectivity index (χ0v) is 34.3. The summed E-state index contributed by atoms with van der Waals surface area (Å²) in [5.74, 6) is -1.11. The van der Waals surface area contributed by atoms with E-state index in [4.69, 9.17) is 26.8 Å². The average Bonchev–Trinajstić information content (AvgIpc) is 3.13. The summed E-state index contributed by atoms with van der Waals surface area (Å²) in [4.78, 5) is 39.2. The van der Waals surface area contributed by atoms with Gasteiger partial charge in [-0.2, -0.15) is 0 Å². The van der Waals surface area contributed by atoms with Crippen LogP contribution in [0.3, 0.4) is 0 Å². The van der Waals surface area contributed by atoms with Gasteiger partial charge in [-0.1, -0.05) is 167 Å². The van der Waals surface area contributed by atoms with Crippen molar-refractivity contribution in [3.63, 3.8) is 0 Å². The van der Waals surface area contributed by atoms with Crippen molar-refractivity contribution < 1.29 is 23.9 Å². The Bertz CT molecular complexity index is 1530. The molecule has 0 aliphatic rings. The van der Waals surface area contributed by atoms with Gasteiger partial charge in [0.05, 0.1) is 5.92 Å². The molecule has 1 unspecified atom stereocenters. The lowest BCUT2D eigenvalue weighted by Gasteiger charge is -2.37. The Balaban J connectivity index is 1.40. The van der Waals surface area contributed by atoms with Crippen molar-refractivity contribution in [1.82, 2.24) is 0 Å². The second-order valence-corrected chi connectivity index (χ2v) is 16.3. The van der Waals surface area contributed by atoms with E-state index in [0.29, 0.717) is 29.8 Å². The third-order valence-corrected chi connectivity index (χ3v) is 10.3. The molecule has 0 saturated heterocycles. The molecular formula is C47H66ClNO5. The van der Waals surface area contributed by atoms with Crippen LogP contribution in [0, 0.1) is 12.8 Å². The Labute approximate surface area is 330 Å². The van der Waals surface area contributed by atoms with Gasteiger partial charge in [-0.25, -0.2) is 0 Å². The zero-order valence-electron chi connectivity index (χ0n) is 33.5. The molecule has 0 fully saturated rings. The summed E-state index contributed by atoms with van der Waals surface area (Å²) >= 11 is 6.85. The molecule has 0 spiro atoms. The zero-order chi connectivity index (χ0) is 39.2. The maximum atomic E-state index is 14.2. The van der Waals surface area contributed by atoms with Crippen molar-refractivity contribution >= 4 is 29.3 Å². The van der Waals surface area contributed by atoms with Gasteiger partial charge in [-0.3, -0.25) is 14.4 Å². The van der Waals surface area contributed by atoms with Gasteiger partial charge < -0.3 is 15.2 Å². The highest BCUT2D eigenvalue weighted by molar-refractivity contribution is 6.31. The van der Waals surface area contributed by atoms with Crippen LogP contribution < -0.4 is 5.73 Å². The molecule has 296 valence electrons. The number of carbonyl (C=O) groups excluding carboxylic acids is 3. The summed E-state index contributed by atoms with van der Waals surface area (Å²) in [6.45, 7) is 8.03. The summed E-state index contributed by atoms with van der Waals surface area (Å²) in [5, 5.41) is 0.484. The van der Waals surface area contributed by atoms with E-state index in [2.05, 4.69) is 0 Å². The lowest BCUT2D eigenvalue weighted by atomic mass is 9.79. The molecule has 2 N–H and O–H groups in total. The first-order valence-corrected chi connectivity index (χ1v) is 20.9. The van der Waals surface area contributed by atoms with E-state index in [1.165, 1.54) is 57.8 Å². The molecule has 3 aromatic carbocycles. The fourth-order valence-electron chi connectivity index (χ4n) is 7.08. The van der Waals surface area contributed by atoms with Crippen molar-refractivity contribution in [1.29, 1.82) is 0 Å². The molecule has 7 heteroatoms. The minimum absolute atomic E-state index is 0.0758. The van der Waals surface area contributed by atoms with Crippen LogP contribution in [0.25, 0.3) is 0 Å². The van der Waals surface area contributed by atoms with E-state index in [9.17, 15) is 14.4 Å². The van der Waals surface area contributed by atoms with Gasteiger partial charge in [0.1, 0.15) is 11.4 Å². The van der Waals surface area contributed by atoms with Gasteiger partial charge >= 0.3 is 11.9 Å². The van der Waals surface area contributed by atoms with Crippen molar-refractivity contribution in [3.05, 3.63) is 106 Å². The molecule has 0 aliphatic heterocycles. The van der Waals surface area contributed by atoms with Crippen LogP contribution >= 0.6 is 11.6 Å². The Kier molecular flexibility index (Phi) is 20.1. The van der Waals surface area contributed by atoms with Gasteiger partial charge in [0, 0.05) is 41.0 Å². The van der Waals surface area contributed by atoms with Crippen LogP contribution in [-0.4, -0.2) is 29.9 Å². The highest BCUT2D eigenvalue weighted by Gasteiger charge is 2.43. The Morgan fingerprint density at radius 1 is 0.630 bits per heavy atom. The quantitative estimate of drug-likeness (QED) is 0.0497. The molecule has 0 aliphatic carbocycles. The summed E-state index contributed by atoms with van der Waals surface area (Å²) in [6, 6.07) is 25.1. The van der Waals surface area contributed by atoms with Crippen LogP contribution in [0.1, 0.15) is 159 Å². The number of ether oxygens (including phenoxy) is 2. The number of Topliss-reactive ketones (excluding diaryl/α,β-unsaturated/α-hetero) is 1. The second kappa shape index (κ2) is 24.1. The maximum absolute atomic E-state index is 14.2. The first kappa shape index (κ1) is 44.9. The van der Waals surface area contributed by atoms with Gasteiger partial charge in [0.2, 0.25) is 0 Å². The van der Waals surface area contributed by atoms with Crippen molar-refractivity contribution in [3.8, 4) is 0 Å². The molecular weight excluding hydrogens is 694 g/mol. The van der Waals surface area contributed by atoms with Crippen LogP contribution in [0.5, 0.6) is 0 Å². The Morgan fingerprint density at radius 2 is 1.11 bits per heavy atom. The minimum Gasteiger partial charge on any atom is -0.460 e. The smallest absolute Gasteiger partial charge is 0.311 e. The molecule has 3 aromatic rings. The van der Waals surface area contributed by atoms with Gasteiger partial charge in [-0.15, -0.1) is 0 Å². The maximum Gasteiger partial charge on any atom is 0.311 e. The number of hydrogen-bond acceptors (Lipinski definition) is 6. The lowest BCUT2D eigenvalue weighted by Crippen LogP contribution is -2.38. The monoisotopic (exact) mass is 759 g/mol. The first-order valence-electron chi connectivity index (χ1n) is 20.5. The first-order chi connectivity index (χ1) is 26.0. The Morgan fingerprint density at radius 3 is 1.63 bits per heavy atom. The molecule has 0 bridgehead atoms. The molecule has 54 heavy (non-hydrogen) atoms. The van der Waals surface area contributed by atoms with E-state index >= 15 is 0 Å². The van der Waals surface area contributed by atoms with Gasteiger partial charge in [0.25, 0.3) is 0 Å². The highest BCUT2D eigenvalue weighted by atomic mass is 35.5. The van der Waals surface area contributed by atoms with Crippen LogP contribution in [0.2, 0.25) is 5.02 Å². The molecule has 0 radical (unpaired) electrons. The number of unbranched alkanes of at least 4 members (excludes halogenated alkanes) is 13. The molecule has 2 atom stereocenters. The van der Waals surface area contributed by atoms with E-state index in [-0.39, 0.29) is 24.7 Å². The summed E-state index contributed by atoms with van der Waals surface area (Å²) in [6.07, 6.45) is 17.7. The third kappa shape index (κ3) is 15.7. The van der Waals surface area contributed by atoms with Crippen LogP contribution in [-0.2, 0) is 29.5 Å². The number of benzene rings is 3. The lowest BCUT2D eigenvalue weighted by molar-refractivity contribution is -0.160. The molecule has 0 heterocycles. The van der Waals surface area contributed by atoms with Crippen molar-refractivity contribution in [2.75, 3.05) is 6.54 Å².